The number of hydrogen-bond donors (Lipinski definition) is 2. The molecule has 3 aromatic carbocycles. The molecule has 1 amide bonds. The Kier molecular flexibility index (Phi) is 4.95. The van der Waals surface area contributed by atoms with Gasteiger partial charge in [0, 0.05) is 5.69 Å². The van der Waals surface area contributed by atoms with Gasteiger partial charge >= 0.3 is 0 Å². The van der Waals surface area contributed by atoms with E-state index in [2.05, 4.69) is 10.0 Å². The number of rotatable bonds is 5. The topological polar surface area (TPSA) is 75.3 Å². The number of aryl methyl sites for hydroxylation is 1. The quantitative estimate of drug-likeness (QED) is 0.721. The molecule has 0 unspecified atom stereocenters. The van der Waals surface area contributed by atoms with Gasteiger partial charge < -0.3 is 5.32 Å². The minimum Gasteiger partial charge on any atom is -0.326 e. The third kappa shape index (κ3) is 4.61. The van der Waals surface area contributed by atoms with Crippen LogP contribution in [-0.4, -0.2) is 20.6 Å². The Morgan fingerprint density at radius 3 is 2.42 bits per heavy atom. The summed E-state index contributed by atoms with van der Waals surface area (Å²) < 4.78 is 25.3. The number of fused-ring (bicyclic) bond motifs is 1. The van der Waals surface area contributed by atoms with E-state index in [1.165, 1.54) is 0 Å². The van der Waals surface area contributed by atoms with Crippen molar-refractivity contribution in [3.05, 3.63) is 71.8 Å². The highest BCUT2D eigenvalue weighted by molar-refractivity contribution is 7.92. The van der Waals surface area contributed by atoms with Crippen LogP contribution in [-0.2, 0) is 21.2 Å². The van der Waals surface area contributed by atoms with E-state index in [1.54, 1.807) is 25.1 Å². The lowest BCUT2D eigenvalue weighted by Crippen LogP contribution is -2.15. The van der Waals surface area contributed by atoms with Crippen LogP contribution in [0.3, 0.4) is 0 Å². The van der Waals surface area contributed by atoms with Crippen molar-refractivity contribution >= 4 is 38.1 Å². The number of anilines is 2. The molecular formula is C20H20N2O3S. The molecule has 0 heterocycles. The molecule has 0 aliphatic rings. The Labute approximate surface area is 153 Å². The van der Waals surface area contributed by atoms with Gasteiger partial charge in [-0.2, -0.15) is 0 Å². The van der Waals surface area contributed by atoms with E-state index in [-0.39, 0.29) is 12.3 Å². The summed E-state index contributed by atoms with van der Waals surface area (Å²) in [6.07, 6.45) is 1.34. The molecule has 0 atom stereocenters. The number of hydrogen-bond acceptors (Lipinski definition) is 3. The monoisotopic (exact) mass is 368 g/mol. The fourth-order valence-corrected chi connectivity index (χ4v) is 3.37. The second kappa shape index (κ2) is 7.17. The highest BCUT2D eigenvalue weighted by atomic mass is 32.2. The molecule has 6 heteroatoms. The SMILES string of the molecule is Cc1ccc(NC(=O)Cc2ccc3ccccc3c2)cc1NS(C)(=O)=O. The van der Waals surface area contributed by atoms with Gasteiger partial charge in [-0.15, -0.1) is 0 Å². The lowest BCUT2D eigenvalue weighted by molar-refractivity contribution is -0.115. The Hall–Kier alpha value is -2.86. The zero-order valence-electron chi connectivity index (χ0n) is 14.6. The summed E-state index contributed by atoms with van der Waals surface area (Å²) in [5, 5.41) is 5.04. The van der Waals surface area contributed by atoms with E-state index in [0.717, 1.165) is 28.2 Å². The fourth-order valence-electron chi connectivity index (χ4n) is 2.75. The van der Waals surface area contributed by atoms with Gasteiger partial charge in [-0.3, -0.25) is 9.52 Å². The van der Waals surface area contributed by atoms with E-state index in [1.807, 2.05) is 42.5 Å². The highest BCUT2D eigenvalue weighted by Crippen LogP contribution is 2.22. The summed E-state index contributed by atoms with van der Waals surface area (Å²) in [5.74, 6) is -0.158. The first-order valence-corrected chi connectivity index (χ1v) is 10.1. The van der Waals surface area contributed by atoms with Gasteiger partial charge in [0.15, 0.2) is 0 Å². The lowest BCUT2D eigenvalue weighted by Gasteiger charge is -2.11. The van der Waals surface area contributed by atoms with Gasteiger partial charge in [0.2, 0.25) is 15.9 Å². The molecular weight excluding hydrogens is 348 g/mol. The van der Waals surface area contributed by atoms with Crippen LogP contribution in [0.15, 0.2) is 60.7 Å². The molecule has 0 fully saturated rings. The second-order valence-corrected chi connectivity index (χ2v) is 8.06. The molecule has 0 bridgehead atoms. The number of nitrogens with one attached hydrogen (secondary N) is 2. The molecule has 0 spiro atoms. The normalized spacial score (nSPS) is 11.3. The standard InChI is InChI=1S/C20H20N2O3S/c1-14-7-10-18(13-19(14)22-26(2,24)25)21-20(23)12-15-8-9-16-5-3-4-6-17(16)11-15/h3-11,13,22H,12H2,1-2H3,(H,21,23). The molecule has 0 saturated heterocycles. The Balaban J connectivity index is 1.74. The van der Waals surface area contributed by atoms with E-state index in [0.29, 0.717) is 11.4 Å². The maximum absolute atomic E-state index is 12.3. The first-order chi connectivity index (χ1) is 12.3. The Bertz CT molecular complexity index is 1080. The van der Waals surface area contributed by atoms with Gasteiger partial charge in [0.05, 0.1) is 18.4 Å². The summed E-state index contributed by atoms with van der Waals surface area (Å²) in [5.41, 5.74) is 2.70. The molecule has 0 radical (unpaired) electrons. The molecule has 3 rings (SSSR count). The second-order valence-electron chi connectivity index (χ2n) is 6.31. The predicted molar refractivity (Wildman–Crippen MR) is 106 cm³/mol. The molecule has 3 aromatic rings. The van der Waals surface area contributed by atoms with Crippen LogP contribution in [0.1, 0.15) is 11.1 Å². The van der Waals surface area contributed by atoms with Crippen molar-refractivity contribution in [1.82, 2.24) is 0 Å². The van der Waals surface area contributed by atoms with Crippen LogP contribution >= 0.6 is 0 Å². The van der Waals surface area contributed by atoms with E-state index >= 15 is 0 Å². The van der Waals surface area contributed by atoms with Crippen molar-refractivity contribution in [3.63, 3.8) is 0 Å². The van der Waals surface area contributed by atoms with Crippen molar-refractivity contribution in [2.45, 2.75) is 13.3 Å². The van der Waals surface area contributed by atoms with Crippen molar-refractivity contribution in [1.29, 1.82) is 0 Å². The summed E-state index contributed by atoms with van der Waals surface area (Å²) in [7, 11) is -3.38. The molecule has 0 aromatic heterocycles. The number of benzene rings is 3. The maximum atomic E-state index is 12.3. The third-order valence-electron chi connectivity index (χ3n) is 4.00. The number of sulfonamides is 1. The largest absolute Gasteiger partial charge is 0.326 e. The van der Waals surface area contributed by atoms with Crippen LogP contribution in [0, 0.1) is 6.92 Å². The summed E-state index contributed by atoms with van der Waals surface area (Å²) in [6.45, 7) is 1.80. The van der Waals surface area contributed by atoms with Crippen molar-refractivity contribution in [3.8, 4) is 0 Å². The molecule has 2 N–H and O–H groups in total. The zero-order valence-corrected chi connectivity index (χ0v) is 15.4. The van der Waals surface area contributed by atoms with Crippen molar-refractivity contribution in [2.75, 3.05) is 16.3 Å². The van der Waals surface area contributed by atoms with Gasteiger partial charge in [-0.1, -0.05) is 48.5 Å². The molecule has 134 valence electrons. The smallest absolute Gasteiger partial charge is 0.229 e. The van der Waals surface area contributed by atoms with Crippen LogP contribution in [0.25, 0.3) is 10.8 Å². The summed E-state index contributed by atoms with van der Waals surface area (Å²) in [6, 6.07) is 19.1. The average Bonchev–Trinajstić information content (AvgIpc) is 2.56. The van der Waals surface area contributed by atoms with Crippen molar-refractivity contribution < 1.29 is 13.2 Å². The summed E-state index contributed by atoms with van der Waals surface area (Å²) in [4.78, 5) is 12.3. The molecule has 0 saturated carbocycles. The van der Waals surface area contributed by atoms with Gasteiger partial charge in [0.1, 0.15) is 0 Å². The Morgan fingerprint density at radius 1 is 0.962 bits per heavy atom. The predicted octanol–water partition coefficient (Wildman–Crippen LogP) is 3.70. The van der Waals surface area contributed by atoms with Crippen LogP contribution < -0.4 is 10.0 Å². The van der Waals surface area contributed by atoms with E-state index in [9.17, 15) is 13.2 Å². The molecule has 0 aliphatic carbocycles. The van der Waals surface area contributed by atoms with Crippen molar-refractivity contribution in [2.24, 2.45) is 0 Å². The number of amides is 1. The number of carbonyl (C=O) groups is 1. The van der Waals surface area contributed by atoms with Crippen LogP contribution in [0.5, 0.6) is 0 Å². The highest BCUT2D eigenvalue weighted by Gasteiger charge is 2.09. The third-order valence-corrected chi connectivity index (χ3v) is 4.59. The van der Waals surface area contributed by atoms with Crippen LogP contribution in [0.4, 0.5) is 11.4 Å². The van der Waals surface area contributed by atoms with E-state index in [4.69, 9.17) is 0 Å². The van der Waals surface area contributed by atoms with Crippen LogP contribution in [0.2, 0.25) is 0 Å². The van der Waals surface area contributed by atoms with Gasteiger partial charge in [-0.25, -0.2) is 8.42 Å². The maximum Gasteiger partial charge on any atom is 0.229 e. The first kappa shape index (κ1) is 17.9. The molecule has 26 heavy (non-hydrogen) atoms. The minimum absolute atomic E-state index is 0.158. The lowest BCUT2D eigenvalue weighted by atomic mass is 10.0. The average molecular weight is 368 g/mol. The van der Waals surface area contributed by atoms with Gasteiger partial charge in [0.25, 0.3) is 0 Å². The summed E-state index contributed by atoms with van der Waals surface area (Å²) >= 11 is 0. The zero-order chi connectivity index (χ0) is 18.7. The number of carbonyl (C=O) groups excluding carboxylic acids is 1. The molecule has 0 aliphatic heterocycles. The van der Waals surface area contributed by atoms with E-state index < -0.39 is 10.0 Å². The minimum atomic E-state index is -3.38. The van der Waals surface area contributed by atoms with Gasteiger partial charge in [-0.05, 0) is 41.0 Å². The Morgan fingerprint density at radius 2 is 1.69 bits per heavy atom. The molecule has 5 nitrogen and oxygen atoms in total. The fraction of sp³-hybridized carbons (Fsp3) is 0.150. The first-order valence-electron chi connectivity index (χ1n) is 8.16.